The Morgan fingerprint density at radius 1 is 1.30 bits per heavy atom. The second-order valence-electron chi connectivity index (χ2n) is 6.21. The van der Waals surface area contributed by atoms with Gasteiger partial charge in [-0.3, -0.25) is 9.59 Å². The maximum absolute atomic E-state index is 12.3. The van der Waals surface area contributed by atoms with Gasteiger partial charge in [-0.15, -0.1) is 0 Å². The fraction of sp³-hybridized carbons (Fsp3) is 0.857. The predicted octanol–water partition coefficient (Wildman–Crippen LogP) is 0.453. The van der Waals surface area contributed by atoms with E-state index < -0.39 is 22.1 Å². The molecule has 8 nitrogen and oxygen atoms in total. The molecule has 1 fully saturated rings. The lowest BCUT2D eigenvalue weighted by Crippen LogP contribution is -2.47. The summed E-state index contributed by atoms with van der Waals surface area (Å²) >= 11 is 0. The molecule has 1 atom stereocenters. The number of esters is 1. The molecule has 9 heteroatoms. The highest BCUT2D eigenvalue weighted by Crippen LogP contribution is 2.20. The molecule has 23 heavy (non-hydrogen) atoms. The summed E-state index contributed by atoms with van der Waals surface area (Å²) in [5.74, 6) is -2.20. The van der Waals surface area contributed by atoms with Crippen molar-refractivity contribution in [1.82, 2.24) is 9.03 Å². The van der Waals surface area contributed by atoms with Crippen LogP contribution in [0.15, 0.2) is 0 Å². The Kier molecular flexibility index (Phi) is 7.43. The minimum Gasteiger partial charge on any atom is -0.481 e. The van der Waals surface area contributed by atoms with Crippen molar-refractivity contribution in [1.29, 1.82) is 0 Å². The van der Waals surface area contributed by atoms with Gasteiger partial charge >= 0.3 is 11.9 Å². The van der Waals surface area contributed by atoms with Gasteiger partial charge < -0.3 is 9.84 Å². The molecule has 134 valence electrons. The van der Waals surface area contributed by atoms with Crippen LogP contribution in [0.1, 0.15) is 33.1 Å². The molecule has 0 saturated carbocycles. The van der Waals surface area contributed by atoms with E-state index in [0.717, 1.165) is 0 Å². The number of piperidine rings is 1. The molecule has 0 amide bonds. The van der Waals surface area contributed by atoms with Crippen LogP contribution in [-0.2, 0) is 24.5 Å². The van der Waals surface area contributed by atoms with Crippen LogP contribution in [0, 0.1) is 17.8 Å². The monoisotopic (exact) mass is 350 g/mol. The fourth-order valence-corrected chi connectivity index (χ4v) is 3.92. The molecular weight excluding hydrogens is 324 g/mol. The number of hydrogen-bond acceptors (Lipinski definition) is 5. The lowest BCUT2D eigenvalue weighted by Gasteiger charge is -2.30. The Bertz CT molecular complexity index is 511. The molecule has 1 unspecified atom stereocenters. The molecule has 0 spiro atoms. The van der Waals surface area contributed by atoms with Crippen molar-refractivity contribution in [2.75, 3.05) is 26.7 Å². The van der Waals surface area contributed by atoms with Crippen molar-refractivity contribution < 1.29 is 27.9 Å². The van der Waals surface area contributed by atoms with Gasteiger partial charge in [0.2, 0.25) is 0 Å². The van der Waals surface area contributed by atoms with Crippen LogP contribution in [0.4, 0.5) is 0 Å². The smallest absolute Gasteiger partial charge is 0.308 e. The first kappa shape index (κ1) is 19.9. The van der Waals surface area contributed by atoms with Gasteiger partial charge in [0.15, 0.2) is 0 Å². The molecule has 0 radical (unpaired) electrons. The van der Waals surface area contributed by atoms with E-state index in [4.69, 9.17) is 5.11 Å². The normalized spacial score (nSPS) is 18.8. The number of methoxy groups -OCH3 is 1. The fourth-order valence-electron chi connectivity index (χ4n) is 2.64. The topological polar surface area (TPSA) is 113 Å². The zero-order chi connectivity index (χ0) is 17.6. The third-order valence-electron chi connectivity index (χ3n) is 3.95. The number of ether oxygens (including phenoxy) is 1. The van der Waals surface area contributed by atoms with Crippen molar-refractivity contribution in [3.8, 4) is 0 Å². The van der Waals surface area contributed by atoms with Gasteiger partial charge in [0.25, 0.3) is 10.2 Å². The molecule has 0 aromatic rings. The first-order valence-corrected chi connectivity index (χ1v) is 9.16. The van der Waals surface area contributed by atoms with Gasteiger partial charge in [-0.05, 0) is 25.2 Å². The minimum absolute atomic E-state index is 0.132. The van der Waals surface area contributed by atoms with Gasteiger partial charge in [0.1, 0.15) is 0 Å². The molecule has 0 aromatic carbocycles. The highest BCUT2D eigenvalue weighted by molar-refractivity contribution is 7.87. The Hall–Kier alpha value is -1.19. The third-order valence-corrected chi connectivity index (χ3v) is 5.52. The summed E-state index contributed by atoms with van der Waals surface area (Å²) in [6, 6.07) is 0. The number of hydrogen-bond donors (Lipinski definition) is 2. The van der Waals surface area contributed by atoms with E-state index in [1.165, 1.54) is 11.4 Å². The maximum Gasteiger partial charge on any atom is 0.308 e. The zero-order valence-electron chi connectivity index (χ0n) is 13.8. The number of rotatable bonds is 8. The molecule has 1 aliphatic rings. The van der Waals surface area contributed by atoms with E-state index in [1.807, 2.05) is 13.8 Å². The summed E-state index contributed by atoms with van der Waals surface area (Å²) < 4.78 is 32.8. The third kappa shape index (κ3) is 6.08. The number of carboxylic acids is 1. The van der Waals surface area contributed by atoms with Crippen molar-refractivity contribution in [2.45, 2.75) is 33.1 Å². The summed E-state index contributed by atoms with van der Waals surface area (Å²) in [6.45, 7) is 4.09. The number of aliphatic carboxylic acids is 1. The van der Waals surface area contributed by atoms with Crippen LogP contribution in [0.25, 0.3) is 0 Å². The second kappa shape index (κ2) is 8.60. The van der Waals surface area contributed by atoms with E-state index >= 15 is 0 Å². The molecule has 1 rings (SSSR count). The summed E-state index contributed by atoms with van der Waals surface area (Å²) in [7, 11) is -2.42. The molecule has 0 aromatic heterocycles. The number of carbonyl (C=O) groups excluding carboxylic acids is 1. The first-order valence-electron chi connectivity index (χ1n) is 7.72. The maximum atomic E-state index is 12.3. The van der Waals surface area contributed by atoms with Crippen LogP contribution >= 0.6 is 0 Å². The Morgan fingerprint density at radius 3 is 2.30 bits per heavy atom. The van der Waals surface area contributed by atoms with E-state index in [1.54, 1.807) is 0 Å². The lowest BCUT2D eigenvalue weighted by molar-refractivity contribution is -0.146. The van der Waals surface area contributed by atoms with Crippen LogP contribution < -0.4 is 4.72 Å². The van der Waals surface area contributed by atoms with Crippen LogP contribution in [-0.4, -0.2) is 56.5 Å². The summed E-state index contributed by atoms with van der Waals surface area (Å²) in [4.78, 5) is 22.6. The minimum atomic E-state index is -3.74. The standard InChI is InChI=1S/C14H26N2O6S/c1-10(2)8-12(13(17)18)9-15-23(20,21)16-6-4-11(5-7-16)14(19)22-3/h10-12,15H,4-9H2,1-3H3,(H,17,18). The largest absolute Gasteiger partial charge is 0.481 e. The predicted molar refractivity (Wildman–Crippen MR) is 83.8 cm³/mol. The molecule has 1 heterocycles. The summed E-state index contributed by atoms with van der Waals surface area (Å²) in [5.41, 5.74) is 0. The second-order valence-corrected chi connectivity index (χ2v) is 7.97. The van der Waals surface area contributed by atoms with E-state index in [9.17, 15) is 18.0 Å². The molecule has 1 saturated heterocycles. The number of carbonyl (C=O) groups is 2. The van der Waals surface area contributed by atoms with Crippen LogP contribution in [0.3, 0.4) is 0 Å². The van der Waals surface area contributed by atoms with E-state index in [0.29, 0.717) is 19.3 Å². The van der Waals surface area contributed by atoms with Crippen LogP contribution in [0.2, 0.25) is 0 Å². The molecule has 1 aliphatic heterocycles. The molecule has 0 bridgehead atoms. The SMILES string of the molecule is COC(=O)C1CCN(S(=O)(=O)NCC(CC(C)C)C(=O)O)CC1. The Morgan fingerprint density at radius 2 is 1.87 bits per heavy atom. The van der Waals surface area contributed by atoms with Crippen molar-refractivity contribution in [3.63, 3.8) is 0 Å². The highest BCUT2D eigenvalue weighted by atomic mass is 32.2. The lowest BCUT2D eigenvalue weighted by atomic mass is 9.98. The van der Waals surface area contributed by atoms with Gasteiger partial charge in [-0.1, -0.05) is 13.8 Å². The summed E-state index contributed by atoms with van der Waals surface area (Å²) in [5, 5.41) is 9.15. The van der Waals surface area contributed by atoms with Gasteiger partial charge in [0, 0.05) is 19.6 Å². The number of nitrogens with zero attached hydrogens (tertiary/aromatic N) is 1. The first-order chi connectivity index (χ1) is 10.7. The highest BCUT2D eigenvalue weighted by Gasteiger charge is 2.32. The quantitative estimate of drug-likeness (QED) is 0.615. The molecular formula is C14H26N2O6S. The van der Waals surface area contributed by atoms with Crippen LogP contribution in [0.5, 0.6) is 0 Å². The molecule has 2 N–H and O–H groups in total. The van der Waals surface area contributed by atoms with Crippen molar-refractivity contribution in [2.24, 2.45) is 17.8 Å². The Balaban J connectivity index is 2.56. The average Bonchev–Trinajstić information content (AvgIpc) is 2.50. The van der Waals surface area contributed by atoms with E-state index in [2.05, 4.69) is 9.46 Å². The average molecular weight is 350 g/mol. The van der Waals surface area contributed by atoms with Crippen molar-refractivity contribution in [3.05, 3.63) is 0 Å². The number of nitrogens with one attached hydrogen (secondary N) is 1. The zero-order valence-corrected chi connectivity index (χ0v) is 14.6. The molecule has 0 aliphatic carbocycles. The van der Waals surface area contributed by atoms with Gasteiger partial charge in [-0.2, -0.15) is 12.7 Å². The number of carboxylic acid groups (broad SMARTS) is 1. The summed E-state index contributed by atoms with van der Waals surface area (Å²) in [6.07, 6.45) is 1.21. The van der Waals surface area contributed by atoms with E-state index in [-0.39, 0.29) is 37.4 Å². The Labute approximate surface area is 137 Å². The van der Waals surface area contributed by atoms with Crippen molar-refractivity contribution >= 4 is 22.1 Å². The van der Waals surface area contributed by atoms with Gasteiger partial charge in [-0.25, -0.2) is 4.72 Å². The van der Waals surface area contributed by atoms with Gasteiger partial charge in [0.05, 0.1) is 18.9 Å².